The third-order valence-electron chi connectivity index (χ3n) is 3.08. The van der Waals surface area contributed by atoms with Crippen LogP contribution in [0.2, 0.25) is 0 Å². The second-order valence-corrected chi connectivity index (χ2v) is 4.14. The fourth-order valence-corrected chi connectivity index (χ4v) is 2.14. The molecule has 0 saturated carbocycles. The summed E-state index contributed by atoms with van der Waals surface area (Å²) < 4.78 is 45.4. The lowest BCUT2D eigenvalue weighted by Crippen LogP contribution is -2.20. The van der Waals surface area contributed by atoms with E-state index in [4.69, 9.17) is 4.42 Å². The van der Waals surface area contributed by atoms with E-state index in [1.807, 2.05) is 6.92 Å². The van der Waals surface area contributed by atoms with Crippen LogP contribution < -0.4 is 5.32 Å². The van der Waals surface area contributed by atoms with E-state index in [0.29, 0.717) is 12.2 Å². The highest BCUT2D eigenvalue weighted by molar-refractivity contribution is 5.34. The molecule has 1 aromatic heterocycles. The van der Waals surface area contributed by atoms with Crippen molar-refractivity contribution >= 4 is 0 Å². The summed E-state index contributed by atoms with van der Waals surface area (Å²) in [5.74, 6) is -3.15. The highest BCUT2D eigenvalue weighted by Gasteiger charge is 2.23. The van der Waals surface area contributed by atoms with Crippen molar-refractivity contribution in [3.8, 4) is 0 Å². The van der Waals surface area contributed by atoms with E-state index in [9.17, 15) is 13.2 Å². The van der Waals surface area contributed by atoms with Crippen molar-refractivity contribution in [1.82, 2.24) is 5.32 Å². The first-order chi connectivity index (χ1) is 9.10. The average molecular weight is 269 g/mol. The molecular weight excluding hydrogens is 255 g/mol. The first kappa shape index (κ1) is 13.7. The second kappa shape index (κ2) is 5.48. The van der Waals surface area contributed by atoms with Gasteiger partial charge in [-0.05, 0) is 19.2 Å². The number of hydrogen-bond acceptors (Lipinski definition) is 2. The molecule has 1 N–H and O–H groups in total. The highest BCUT2D eigenvalue weighted by atomic mass is 19.2. The van der Waals surface area contributed by atoms with E-state index < -0.39 is 23.5 Å². The molecule has 1 atom stereocenters. The number of rotatable bonds is 4. The summed E-state index contributed by atoms with van der Waals surface area (Å²) in [6, 6.07) is 3.27. The van der Waals surface area contributed by atoms with Crippen LogP contribution in [-0.4, -0.2) is 7.05 Å². The van der Waals surface area contributed by atoms with Crippen LogP contribution in [0.5, 0.6) is 0 Å². The molecule has 0 aliphatic carbocycles. The number of furan rings is 1. The van der Waals surface area contributed by atoms with Crippen LogP contribution in [0.3, 0.4) is 0 Å². The molecule has 0 radical (unpaired) electrons. The molecule has 2 aromatic rings. The average Bonchev–Trinajstić information content (AvgIpc) is 2.88. The van der Waals surface area contributed by atoms with Crippen LogP contribution in [0.15, 0.2) is 28.9 Å². The van der Waals surface area contributed by atoms with Gasteiger partial charge in [0.15, 0.2) is 17.5 Å². The van der Waals surface area contributed by atoms with Gasteiger partial charge < -0.3 is 9.73 Å². The zero-order valence-electron chi connectivity index (χ0n) is 10.6. The summed E-state index contributed by atoms with van der Waals surface area (Å²) in [5.41, 5.74) is 0.771. The van der Waals surface area contributed by atoms with Crippen molar-refractivity contribution in [2.24, 2.45) is 0 Å². The molecule has 1 heterocycles. The quantitative estimate of drug-likeness (QED) is 0.858. The minimum absolute atomic E-state index is 0.0532. The Morgan fingerprint density at radius 2 is 1.84 bits per heavy atom. The van der Waals surface area contributed by atoms with Crippen molar-refractivity contribution < 1.29 is 17.6 Å². The minimum Gasteiger partial charge on any atom is -0.469 e. The van der Waals surface area contributed by atoms with Gasteiger partial charge in [-0.1, -0.05) is 13.0 Å². The molecule has 19 heavy (non-hydrogen) atoms. The van der Waals surface area contributed by atoms with Gasteiger partial charge in [-0.3, -0.25) is 0 Å². The summed E-state index contributed by atoms with van der Waals surface area (Å²) in [7, 11) is 1.62. The minimum atomic E-state index is -1.46. The zero-order chi connectivity index (χ0) is 14.0. The van der Waals surface area contributed by atoms with Gasteiger partial charge in [0.1, 0.15) is 5.76 Å². The van der Waals surface area contributed by atoms with Gasteiger partial charge in [0.25, 0.3) is 0 Å². The lowest BCUT2D eigenvalue weighted by atomic mass is 9.97. The fourth-order valence-electron chi connectivity index (χ4n) is 2.14. The van der Waals surface area contributed by atoms with E-state index >= 15 is 0 Å². The molecular formula is C14H14F3NO. The molecule has 1 aromatic carbocycles. The Balaban J connectivity index is 2.52. The predicted octanol–water partition coefficient (Wildman–Crippen LogP) is 3.57. The first-order valence-corrected chi connectivity index (χ1v) is 5.97. The summed E-state index contributed by atoms with van der Waals surface area (Å²) in [6.07, 6.45) is 2.13. The third-order valence-corrected chi connectivity index (χ3v) is 3.08. The van der Waals surface area contributed by atoms with Gasteiger partial charge in [-0.25, -0.2) is 13.2 Å². The smallest absolute Gasteiger partial charge is 0.194 e. The standard InChI is InChI=1S/C14H14F3NO/c1-3-11-8(6-7-19-11)14(18-2)9-4-5-10(15)13(17)12(9)16/h4-7,14,18H,3H2,1-2H3. The van der Waals surface area contributed by atoms with Crippen LogP contribution in [0, 0.1) is 17.5 Å². The molecule has 102 valence electrons. The lowest BCUT2D eigenvalue weighted by molar-refractivity contribution is 0.433. The largest absolute Gasteiger partial charge is 0.469 e. The monoisotopic (exact) mass is 269 g/mol. The normalized spacial score (nSPS) is 12.7. The van der Waals surface area contributed by atoms with Crippen molar-refractivity contribution in [2.45, 2.75) is 19.4 Å². The fraction of sp³-hybridized carbons (Fsp3) is 0.286. The summed E-state index contributed by atoms with van der Waals surface area (Å²) in [5, 5.41) is 2.89. The summed E-state index contributed by atoms with van der Waals surface area (Å²) in [4.78, 5) is 0. The Hall–Kier alpha value is -1.75. The first-order valence-electron chi connectivity index (χ1n) is 5.97. The maximum atomic E-state index is 13.8. The topological polar surface area (TPSA) is 25.2 Å². The molecule has 2 rings (SSSR count). The maximum Gasteiger partial charge on any atom is 0.194 e. The Morgan fingerprint density at radius 3 is 2.47 bits per heavy atom. The molecule has 0 saturated heterocycles. The molecule has 0 bridgehead atoms. The Morgan fingerprint density at radius 1 is 1.11 bits per heavy atom. The SMILES string of the molecule is CCc1occc1C(NC)c1ccc(F)c(F)c1F. The molecule has 5 heteroatoms. The second-order valence-electron chi connectivity index (χ2n) is 4.14. The van der Waals surface area contributed by atoms with E-state index in [0.717, 1.165) is 11.6 Å². The van der Waals surface area contributed by atoms with Gasteiger partial charge in [0, 0.05) is 17.5 Å². The number of benzene rings is 1. The molecule has 0 amide bonds. The number of halogens is 3. The van der Waals surface area contributed by atoms with Crippen LogP contribution in [0.1, 0.15) is 29.9 Å². The van der Waals surface area contributed by atoms with Crippen LogP contribution >= 0.6 is 0 Å². The Labute approximate surface area is 109 Å². The molecule has 2 nitrogen and oxygen atoms in total. The lowest BCUT2D eigenvalue weighted by Gasteiger charge is -2.17. The number of nitrogens with one attached hydrogen (secondary N) is 1. The van der Waals surface area contributed by atoms with Crippen molar-refractivity contribution in [3.05, 3.63) is 58.8 Å². The highest BCUT2D eigenvalue weighted by Crippen LogP contribution is 2.29. The van der Waals surface area contributed by atoms with Crippen LogP contribution in [0.25, 0.3) is 0 Å². The van der Waals surface area contributed by atoms with Gasteiger partial charge in [-0.2, -0.15) is 0 Å². The summed E-state index contributed by atoms with van der Waals surface area (Å²) in [6.45, 7) is 1.90. The van der Waals surface area contributed by atoms with Crippen LogP contribution in [-0.2, 0) is 6.42 Å². The van der Waals surface area contributed by atoms with Gasteiger partial charge in [-0.15, -0.1) is 0 Å². The third kappa shape index (κ3) is 2.38. The van der Waals surface area contributed by atoms with E-state index in [1.165, 1.54) is 12.3 Å². The predicted molar refractivity (Wildman–Crippen MR) is 65.3 cm³/mol. The van der Waals surface area contributed by atoms with Gasteiger partial charge in [0.05, 0.1) is 12.3 Å². The zero-order valence-corrected chi connectivity index (χ0v) is 10.6. The van der Waals surface area contributed by atoms with E-state index in [-0.39, 0.29) is 5.56 Å². The van der Waals surface area contributed by atoms with Crippen molar-refractivity contribution in [2.75, 3.05) is 7.05 Å². The Kier molecular flexibility index (Phi) is 3.95. The van der Waals surface area contributed by atoms with Gasteiger partial charge >= 0.3 is 0 Å². The number of aryl methyl sites for hydroxylation is 1. The van der Waals surface area contributed by atoms with Crippen LogP contribution in [0.4, 0.5) is 13.2 Å². The van der Waals surface area contributed by atoms with E-state index in [2.05, 4.69) is 5.32 Å². The molecule has 0 aliphatic heterocycles. The number of hydrogen-bond donors (Lipinski definition) is 1. The summed E-state index contributed by atoms with van der Waals surface area (Å²) >= 11 is 0. The van der Waals surface area contributed by atoms with Crippen molar-refractivity contribution in [3.63, 3.8) is 0 Å². The van der Waals surface area contributed by atoms with Crippen molar-refractivity contribution in [1.29, 1.82) is 0 Å². The van der Waals surface area contributed by atoms with E-state index in [1.54, 1.807) is 13.1 Å². The molecule has 0 aliphatic rings. The molecule has 0 spiro atoms. The Bertz CT molecular complexity index is 580. The molecule has 0 fully saturated rings. The van der Waals surface area contributed by atoms with Gasteiger partial charge in [0.2, 0.25) is 0 Å². The maximum absolute atomic E-state index is 13.8. The molecule has 1 unspecified atom stereocenters.